The Bertz CT molecular complexity index is 1220. The Balaban J connectivity index is 1.62. The first-order chi connectivity index (χ1) is 16.8. The number of benzene rings is 1. The summed E-state index contributed by atoms with van der Waals surface area (Å²) in [6.45, 7) is 5.06. The van der Waals surface area contributed by atoms with Crippen LogP contribution in [0.1, 0.15) is 53.1 Å². The first-order valence-corrected chi connectivity index (χ1v) is 12.1. The Hall–Kier alpha value is -2.91. The summed E-state index contributed by atoms with van der Waals surface area (Å²) in [5.41, 5.74) is 2.68. The second kappa shape index (κ2) is 9.28. The number of halogens is 3. The van der Waals surface area contributed by atoms with Crippen LogP contribution in [0.5, 0.6) is 0 Å². The number of alkyl halides is 3. The zero-order chi connectivity index (χ0) is 24.7. The SMILES string of the molecule is Cc1cc([C@@H]2[C@@H](c3ccccn3)NC(=S)N2C[C@H]2CCCO2)c(C)n1-c1ccccc1C(F)(F)F. The van der Waals surface area contributed by atoms with E-state index in [1.165, 1.54) is 12.1 Å². The fourth-order valence-corrected chi connectivity index (χ4v) is 5.63. The van der Waals surface area contributed by atoms with Crippen LogP contribution in [-0.4, -0.2) is 38.8 Å². The molecule has 3 atom stereocenters. The predicted octanol–water partition coefficient (Wildman–Crippen LogP) is 5.66. The summed E-state index contributed by atoms with van der Waals surface area (Å²) in [6.07, 6.45) is -0.691. The van der Waals surface area contributed by atoms with Crippen LogP contribution in [0.25, 0.3) is 5.69 Å². The lowest BCUT2D eigenvalue weighted by molar-refractivity contribution is -0.137. The largest absolute Gasteiger partial charge is 0.418 e. The molecular formula is C26H27F3N4OS. The Labute approximate surface area is 207 Å². The van der Waals surface area contributed by atoms with Crippen molar-refractivity contribution < 1.29 is 17.9 Å². The van der Waals surface area contributed by atoms with Crippen LogP contribution in [-0.2, 0) is 10.9 Å². The van der Waals surface area contributed by atoms with Crippen LogP contribution < -0.4 is 5.32 Å². The topological polar surface area (TPSA) is 42.3 Å². The molecule has 2 aromatic heterocycles. The van der Waals surface area contributed by atoms with Crippen molar-refractivity contribution in [3.05, 3.63) is 82.9 Å². The van der Waals surface area contributed by atoms with Gasteiger partial charge in [-0.1, -0.05) is 18.2 Å². The molecule has 5 rings (SSSR count). The van der Waals surface area contributed by atoms with E-state index < -0.39 is 11.7 Å². The van der Waals surface area contributed by atoms with E-state index in [2.05, 4.69) is 15.2 Å². The molecule has 0 saturated carbocycles. The molecule has 5 nitrogen and oxygen atoms in total. The number of nitrogens with one attached hydrogen (secondary N) is 1. The molecular weight excluding hydrogens is 473 g/mol. The summed E-state index contributed by atoms with van der Waals surface area (Å²) < 4.78 is 49.2. The van der Waals surface area contributed by atoms with Crippen molar-refractivity contribution in [3.63, 3.8) is 0 Å². The molecule has 0 radical (unpaired) electrons. The molecule has 3 aromatic rings. The highest BCUT2D eigenvalue weighted by Gasteiger charge is 2.43. The molecule has 2 fully saturated rings. The summed E-state index contributed by atoms with van der Waals surface area (Å²) in [4.78, 5) is 6.68. The monoisotopic (exact) mass is 500 g/mol. The number of thiocarbonyl (C=S) groups is 1. The smallest absolute Gasteiger partial charge is 0.376 e. The molecule has 0 spiro atoms. The number of aryl methyl sites for hydroxylation is 1. The molecule has 2 saturated heterocycles. The highest BCUT2D eigenvalue weighted by molar-refractivity contribution is 7.80. The average Bonchev–Trinajstić information content (AvgIpc) is 3.53. The third-order valence-electron chi connectivity index (χ3n) is 6.86. The van der Waals surface area contributed by atoms with E-state index in [0.717, 1.165) is 48.2 Å². The molecule has 0 unspecified atom stereocenters. The normalized spacial score (nSPS) is 22.6. The van der Waals surface area contributed by atoms with Gasteiger partial charge in [-0.05, 0) is 74.8 Å². The van der Waals surface area contributed by atoms with E-state index in [-0.39, 0.29) is 23.9 Å². The Kier molecular flexibility index (Phi) is 6.31. The summed E-state index contributed by atoms with van der Waals surface area (Å²) in [6, 6.07) is 12.9. The standard InChI is InChI=1S/C26H27F3N4OS/c1-16-14-19(17(2)33(16)22-11-4-3-9-20(22)26(27,28)29)24-23(21-10-5-6-12-30-21)31-25(35)32(24)15-18-8-7-13-34-18/h3-6,9-12,14,18,23-24H,7-8,13,15H2,1-2H3,(H,31,35)/t18-,23-,24-/m1/s1. The fourth-order valence-electron chi connectivity index (χ4n) is 5.31. The third kappa shape index (κ3) is 4.43. The van der Waals surface area contributed by atoms with Gasteiger partial charge in [-0.2, -0.15) is 13.2 Å². The van der Waals surface area contributed by atoms with Gasteiger partial charge in [-0.25, -0.2) is 0 Å². The summed E-state index contributed by atoms with van der Waals surface area (Å²) >= 11 is 5.75. The number of ether oxygens (including phenoxy) is 1. The van der Waals surface area contributed by atoms with Crippen molar-refractivity contribution in [2.75, 3.05) is 13.2 Å². The molecule has 35 heavy (non-hydrogen) atoms. The number of para-hydroxylation sites is 1. The minimum absolute atomic E-state index is 0.0641. The van der Waals surface area contributed by atoms with Crippen LogP contribution in [0.2, 0.25) is 0 Å². The van der Waals surface area contributed by atoms with Gasteiger partial charge >= 0.3 is 6.18 Å². The van der Waals surface area contributed by atoms with E-state index in [1.54, 1.807) is 16.8 Å². The minimum Gasteiger partial charge on any atom is -0.376 e. The quantitative estimate of drug-likeness (QED) is 0.458. The van der Waals surface area contributed by atoms with Gasteiger partial charge in [0.1, 0.15) is 0 Å². The van der Waals surface area contributed by atoms with Crippen molar-refractivity contribution in [2.45, 2.75) is 51.1 Å². The van der Waals surface area contributed by atoms with Gasteiger partial charge in [0.15, 0.2) is 5.11 Å². The maximum atomic E-state index is 13.9. The maximum absolute atomic E-state index is 13.9. The van der Waals surface area contributed by atoms with Crippen molar-refractivity contribution in [1.82, 2.24) is 19.8 Å². The van der Waals surface area contributed by atoms with Gasteiger partial charge < -0.3 is 19.5 Å². The van der Waals surface area contributed by atoms with Gasteiger partial charge in [0, 0.05) is 30.7 Å². The summed E-state index contributed by atoms with van der Waals surface area (Å²) in [5, 5.41) is 4.02. The maximum Gasteiger partial charge on any atom is 0.418 e. The molecule has 1 aromatic carbocycles. The van der Waals surface area contributed by atoms with Gasteiger partial charge in [-0.15, -0.1) is 0 Å². The number of hydrogen-bond acceptors (Lipinski definition) is 3. The molecule has 0 amide bonds. The van der Waals surface area contributed by atoms with E-state index in [9.17, 15) is 13.2 Å². The molecule has 0 bridgehead atoms. The molecule has 184 valence electrons. The lowest BCUT2D eigenvalue weighted by Gasteiger charge is -2.30. The number of aromatic nitrogens is 2. The Morgan fingerprint density at radius 3 is 2.60 bits per heavy atom. The number of rotatable bonds is 5. The average molecular weight is 501 g/mol. The minimum atomic E-state index is -4.46. The Morgan fingerprint density at radius 2 is 1.91 bits per heavy atom. The number of hydrogen-bond donors (Lipinski definition) is 1. The first kappa shape index (κ1) is 23.8. The molecule has 2 aliphatic heterocycles. The molecule has 1 N–H and O–H groups in total. The second-order valence-electron chi connectivity index (χ2n) is 9.09. The van der Waals surface area contributed by atoms with Gasteiger partial charge in [0.05, 0.1) is 35.1 Å². The first-order valence-electron chi connectivity index (χ1n) is 11.7. The molecule has 0 aliphatic carbocycles. The molecule has 9 heteroatoms. The fraction of sp³-hybridized carbons (Fsp3) is 0.385. The molecule has 2 aliphatic rings. The number of nitrogens with zero attached hydrogens (tertiary/aromatic N) is 3. The van der Waals surface area contributed by atoms with Crippen LogP contribution in [0, 0.1) is 13.8 Å². The van der Waals surface area contributed by atoms with Crippen LogP contribution in [0.15, 0.2) is 54.7 Å². The van der Waals surface area contributed by atoms with Gasteiger partial charge in [-0.3, -0.25) is 4.98 Å². The van der Waals surface area contributed by atoms with Crippen molar-refractivity contribution in [3.8, 4) is 5.69 Å². The third-order valence-corrected chi connectivity index (χ3v) is 7.21. The van der Waals surface area contributed by atoms with Crippen molar-refractivity contribution in [2.24, 2.45) is 0 Å². The predicted molar refractivity (Wildman–Crippen MR) is 131 cm³/mol. The second-order valence-corrected chi connectivity index (χ2v) is 9.48. The zero-order valence-electron chi connectivity index (χ0n) is 19.5. The van der Waals surface area contributed by atoms with E-state index in [4.69, 9.17) is 17.0 Å². The van der Waals surface area contributed by atoms with Crippen LogP contribution in [0.3, 0.4) is 0 Å². The lowest BCUT2D eigenvalue weighted by Crippen LogP contribution is -2.36. The van der Waals surface area contributed by atoms with E-state index in [1.807, 2.05) is 38.1 Å². The number of pyridine rings is 1. The van der Waals surface area contributed by atoms with Gasteiger partial charge in [0.25, 0.3) is 0 Å². The molecule has 4 heterocycles. The van der Waals surface area contributed by atoms with Crippen LogP contribution >= 0.6 is 12.2 Å². The van der Waals surface area contributed by atoms with E-state index >= 15 is 0 Å². The van der Waals surface area contributed by atoms with Crippen molar-refractivity contribution in [1.29, 1.82) is 0 Å². The highest BCUT2D eigenvalue weighted by atomic mass is 32.1. The Morgan fingerprint density at radius 1 is 1.14 bits per heavy atom. The lowest BCUT2D eigenvalue weighted by atomic mass is 9.96. The summed E-state index contributed by atoms with van der Waals surface area (Å²) in [5.74, 6) is 0. The zero-order valence-corrected chi connectivity index (χ0v) is 20.4. The van der Waals surface area contributed by atoms with Crippen molar-refractivity contribution >= 4 is 17.3 Å². The van der Waals surface area contributed by atoms with Crippen LogP contribution in [0.4, 0.5) is 13.2 Å². The van der Waals surface area contributed by atoms with E-state index in [0.29, 0.717) is 11.7 Å². The van der Waals surface area contributed by atoms with Gasteiger partial charge in [0.2, 0.25) is 0 Å². The highest BCUT2D eigenvalue weighted by Crippen LogP contribution is 2.43. The summed E-state index contributed by atoms with van der Waals surface area (Å²) in [7, 11) is 0.